The maximum Gasteiger partial charge on any atom is 0.404 e. The number of amides is 1. The van der Waals surface area contributed by atoms with E-state index in [4.69, 9.17) is 22.1 Å². The number of anilines is 1. The van der Waals surface area contributed by atoms with Crippen LogP contribution in [0.1, 0.15) is 16.8 Å². The Morgan fingerprint density at radius 3 is 3.11 bits per heavy atom. The highest BCUT2D eigenvalue weighted by Gasteiger charge is 2.26. The van der Waals surface area contributed by atoms with Gasteiger partial charge in [-0.05, 0) is 6.07 Å². The third-order valence-corrected chi connectivity index (χ3v) is 2.98. The van der Waals surface area contributed by atoms with Gasteiger partial charge in [-0.25, -0.2) is 9.78 Å². The molecule has 1 aliphatic heterocycles. The van der Waals surface area contributed by atoms with E-state index in [1.165, 1.54) is 6.20 Å². The number of rotatable bonds is 3. The summed E-state index contributed by atoms with van der Waals surface area (Å²) in [6.45, 7) is 1.16. The zero-order valence-electron chi connectivity index (χ0n) is 9.51. The second-order valence-electron chi connectivity index (χ2n) is 3.98. The number of aromatic nitrogens is 1. The Kier molecular flexibility index (Phi) is 3.66. The van der Waals surface area contributed by atoms with Gasteiger partial charge in [-0.1, -0.05) is 11.6 Å². The van der Waals surface area contributed by atoms with Crippen LogP contribution in [0, 0.1) is 0 Å². The van der Waals surface area contributed by atoms with E-state index in [1.54, 1.807) is 6.07 Å². The Hall–Kier alpha value is -1.82. The molecule has 0 aromatic carbocycles. The molecule has 2 heterocycles. The summed E-state index contributed by atoms with van der Waals surface area (Å²) in [6.07, 6.45) is 1.77. The molecule has 2 N–H and O–H groups in total. The van der Waals surface area contributed by atoms with Crippen LogP contribution in [-0.4, -0.2) is 36.6 Å². The molecule has 0 saturated carbocycles. The minimum absolute atomic E-state index is 0.256. The molecule has 1 amide bonds. The van der Waals surface area contributed by atoms with Crippen molar-refractivity contribution in [1.82, 2.24) is 4.98 Å². The lowest BCUT2D eigenvalue weighted by atomic mass is 10.2. The number of ether oxygens (including phenoxy) is 1. The lowest BCUT2D eigenvalue weighted by molar-refractivity contribution is 0.112. The van der Waals surface area contributed by atoms with Crippen molar-refractivity contribution in [1.29, 1.82) is 0 Å². The number of hydrogen-bond acceptors (Lipinski definition) is 5. The maximum atomic E-state index is 10.9. The van der Waals surface area contributed by atoms with Crippen LogP contribution < -0.4 is 10.6 Å². The Morgan fingerprint density at radius 1 is 1.67 bits per heavy atom. The first-order valence-electron chi connectivity index (χ1n) is 5.42. The first kappa shape index (κ1) is 12.6. The average Bonchev–Trinajstić information content (AvgIpc) is 2.76. The quantitative estimate of drug-likeness (QED) is 0.659. The molecule has 96 valence electrons. The maximum absolute atomic E-state index is 10.9. The summed E-state index contributed by atoms with van der Waals surface area (Å²) >= 11 is 5.81. The number of aldehydes is 1. The number of nitrogens with two attached hydrogens (primary N) is 1. The highest BCUT2D eigenvalue weighted by molar-refractivity contribution is 6.29. The highest BCUT2D eigenvalue weighted by atomic mass is 35.5. The zero-order valence-corrected chi connectivity index (χ0v) is 10.3. The Bertz CT molecular complexity index is 481. The fourth-order valence-electron chi connectivity index (χ4n) is 2.00. The monoisotopic (exact) mass is 269 g/mol. The fourth-order valence-corrected chi connectivity index (χ4v) is 2.16. The molecule has 6 nitrogen and oxygen atoms in total. The Labute approximate surface area is 109 Å². The Balaban J connectivity index is 2.15. The second kappa shape index (κ2) is 5.22. The largest absolute Gasteiger partial charge is 0.444 e. The van der Waals surface area contributed by atoms with Gasteiger partial charge in [0.2, 0.25) is 0 Å². The lowest BCUT2D eigenvalue weighted by Crippen LogP contribution is -2.27. The van der Waals surface area contributed by atoms with Crippen LogP contribution in [0.25, 0.3) is 0 Å². The summed E-state index contributed by atoms with van der Waals surface area (Å²) in [7, 11) is 0. The normalized spacial score (nSPS) is 18.7. The van der Waals surface area contributed by atoms with Crippen molar-refractivity contribution in [3.05, 3.63) is 23.0 Å². The molecule has 18 heavy (non-hydrogen) atoms. The standard InChI is InChI=1S/C11H12ClN3O3/c12-10-3-9(7(6-16)4-14-10)15-2-1-8(5-15)18-11(13)17/h3-4,6,8H,1-2,5H2,(H2,13,17). The average molecular weight is 270 g/mol. The lowest BCUT2D eigenvalue weighted by Gasteiger charge is -2.20. The van der Waals surface area contributed by atoms with Gasteiger partial charge in [0.15, 0.2) is 6.29 Å². The number of primary amides is 1. The smallest absolute Gasteiger partial charge is 0.404 e. The predicted octanol–water partition coefficient (Wildman–Crippen LogP) is 1.22. The predicted molar refractivity (Wildman–Crippen MR) is 65.9 cm³/mol. The van der Waals surface area contributed by atoms with Crippen molar-refractivity contribution in [2.24, 2.45) is 5.73 Å². The van der Waals surface area contributed by atoms with Gasteiger partial charge in [-0.15, -0.1) is 0 Å². The molecule has 0 aliphatic carbocycles. The summed E-state index contributed by atoms with van der Waals surface area (Å²) in [5.41, 5.74) is 6.12. The van der Waals surface area contributed by atoms with E-state index in [0.29, 0.717) is 35.9 Å². The van der Waals surface area contributed by atoms with Crippen LogP contribution in [0.2, 0.25) is 5.15 Å². The summed E-state index contributed by atoms with van der Waals surface area (Å²) in [5.74, 6) is 0. The fraction of sp³-hybridized carbons (Fsp3) is 0.364. The molecule has 1 unspecified atom stereocenters. The number of carbonyl (C=O) groups excluding carboxylic acids is 2. The van der Waals surface area contributed by atoms with Crippen LogP contribution in [-0.2, 0) is 4.74 Å². The molecule has 0 spiro atoms. The zero-order chi connectivity index (χ0) is 13.1. The molecule has 0 bridgehead atoms. The van der Waals surface area contributed by atoms with E-state index >= 15 is 0 Å². The first-order valence-corrected chi connectivity index (χ1v) is 5.79. The topological polar surface area (TPSA) is 85.5 Å². The molecule has 1 atom stereocenters. The minimum atomic E-state index is -0.787. The number of pyridine rings is 1. The third kappa shape index (κ3) is 2.70. The molecule has 0 radical (unpaired) electrons. The Morgan fingerprint density at radius 2 is 2.44 bits per heavy atom. The van der Waals surface area contributed by atoms with Crippen LogP contribution in [0.4, 0.5) is 10.5 Å². The molecule has 2 rings (SSSR count). The molecule has 1 aromatic heterocycles. The van der Waals surface area contributed by atoms with Crippen LogP contribution in [0.3, 0.4) is 0 Å². The highest BCUT2D eigenvalue weighted by Crippen LogP contribution is 2.26. The van der Waals surface area contributed by atoms with E-state index in [-0.39, 0.29) is 6.10 Å². The summed E-state index contributed by atoms with van der Waals surface area (Å²) in [6, 6.07) is 1.62. The van der Waals surface area contributed by atoms with Gasteiger partial charge in [0.1, 0.15) is 11.3 Å². The number of nitrogens with zero attached hydrogens (tertiary/aromatic N) is 2. The molecule has 1 fully saturated rings. The van der Waals surface area contributed by atoms with Crippen LogP contribution in [0.15, 0.2) is 12.3 Å². The number of carbonyl (C=O) groups is 2. The van der Waals surface area contributed by atoms with Crippen molar-refractivity contribution in [2.45, 2.75) is 12.5 Å². The molecule has 1 saturated heterocycles. The van der Waals surface area contributed by atoms with Crippen LogP contribution >= 0.6 is 11.6 Å². The minimum Gasteiger partial charge on any atom is -0.444 e. The van der Waals surface area contributed by atoms with E-state index in [1.807, 2.05) is 4.90 Å². The van der Waals surface area contributed by atoms with Gasteiger partial charge in [0.05, 0.1) is 17.8 Å². The van der Waals surface area contributed by atoms with Gasteiger partial charge < -0.3 is 15.4 Å². The number of halogens is 1. The van der Waals surface area contributed by atoms with E-state index in [9.17, 15) is 9.59 Å². The van der Waals surface area contributed by atoms with Crippen molar-refractivity contribution < 1.29 is 14.3 Å². The van der Waals surface area contributed by atoms with Gasteiger partial charge in [0, 0.05) is 19.2 Å². The molecular formula is C11H12ClN3O3. The second-order valence-corrected chi connectivity index (χ2v) is 4.36. The summed E-state index contributed by atoms with van der Waals surface area (Å²) < 4.78 is 4.93. The van der Waals surface area contributed by atoms with Gasteiger partial charge in [-0.2, -0.15) is 0 Å². The molecular weight excluding hydrogens is 258 g/mol. The first-order chi connectivity index (χ1) is 8.60. The van der Waals surface area contributed by atoms with Crippen molar-refractivity contribution in [2.75, 3.05) is 18.0 Å². The van der Waals surface area contributed by atoms with Crippen molar-refractivity contribution >= 4 is 29.7 Å². The summed E-state index contributed by atoms with van der Waals surface area (Å²) in [5, 5.41) is 0.315. The SMILES string of the molecule is NC(=O)OC1CCN(c2cc(Cl)ncc2C=O)C1. The third-order valence-electron chi connectivity index (χ3n) is 2.77. The molecule has 7 heteroatoms. The number of hydrogen-bond donors (Lipinski definition) is 1. The van der Waals surface area contributed by atoms with Gasteiger partial charge >= 0.3 is 6.09 Å². The molecule has 1 aliphatic rings. The van der Waals surface area contributed by atoms with Gasteiger partial charge in [0.25, 0.3) is 0 Å². The van der Waals surface area contributed by atoms with Crippen molar-refractivity contribution in [3.8, 4) is 0 Å². The van der Waals surface area contributed by atoms with E-state index in [0.717, 1.165) is 6.29 Å². The van der Waals surface area contributed by atoms with Crippen molar-refractivity contribution in [3.63, 3.8) is 0 Å². The summed E-state index contributed by atoms with van der Waals surface area (Å²) in [4.78, 5) is 27.4. The molecule has 1 aromatic rings. The van der Waals surface area contributed by atoms with E-state index < -0.39 is 6.09 Å². The van der Waals surface area contributed by atoms with Crippen LogP contribution in [0.5, 0.6) is 0 Å². The van der Waals surface area contributed by atoms with Gasteiger partial charge in [-0.3, -0.25) is 4.79 Å². The van der Waals surface area contributed by atoms with E-state index in [2.05, 4.69) is 4.98 Å².